The predicted molar refractivity (Wildman–Crippen MR) is 90.1 cm³/mol. The first-order valence-corrected chi connectivity index (χ1v) is 8.08. The summed E-state index contributed by atoms with van der Waals surface area (Å²) in [5.41, 5.74) is 0.255. The molecule has 0 N–H and O–H groups in total. The van der Waals surface area contributed by atoms with Crippen molar-refractivity contribution in [1.82, 2.24) is 0 Å². The minimum atomic E-state index is -0.919. The maximum absolute atomic E-state index is 15.1. The summed E-state index contributed by atoms with van der Waals surface area (Å²) >= 11 is 0. The molecule has 1 heterocycles. The minimum Gasteiger partial charge on any atom is -0.398 e. The Morgan fingerprint density at radius 1 is 1.05 bits per heavy atom. The van der Waals surface area contributed by atoms with Gasteiger partial charge in [0.05, 0.1) is 11.2 Å². The van der Waals surface area contributed by atoms with Crippen molar-refractivity contribution in [3.05, 3.63) is 41.6 Å². The highest BCUT2D eigenvalue weighted by molar-refractivity contribution is 6.55. The van der Waals surface area contributed by atoms with Crippen molar-refractivity contribution >= 4 is 12.7 Å². The molecule has 0 aliphatic carbocycles. The van der Waals surface area contributed by atoms with Crippen LogP contribution in [-0.2, 0) is 9.31 Å². The van der Waals surface area contributed by atoms with Crippen molar-refractivity contribution in [3.63, 3.8) is 0 Å². The van der Waals surface area contributed by atoms with Gasteiger partial charge in [-0.1, -0.05) is 43.7 Å². The Balaban J connectivity index is 2.34. The fraction of sp³-hybridized carbons (Fsp3) is 0.556. The number of unbranched alkanes of at least 4 members (excludes halogenated alkanes) is 1. The molecule has 0 amide bonds. The molecule has 0 aromatic heterocycles. The number of rotatable bonds is 5. The molecule has 0 atom stereocenters. The summed E-state index contributed by atoms with van der Waals surface area (Å²) in [5.74, 6) is 0. The molecule has 1 fully saturated rings. The Hall–Kier alpha value is -1.13. The second kappa shape index (κ2) is 6.55. The monoisotopic (exact) mass is 304 g/mol. The topological polar surface area (TPSA) is 18.5 Å². The number of hydrogen-bond acceptors (Lipinski definition) is 2. The zero-order valence-corrected chi connectivity index (χ0v) is 14.3. The molecule has 0 bridgehead atoms. The fourth-order valence-corrected chi connectivity index (χ4v) is 2.48. The van der Waals surface area contributed by atoms with Gasteiger partial charge in [-0.3, -0.25) is 0 Å². The molecule has 1 saturated heterocycles. The molecule has 0 spiro atoms. The molecular weight excluding hydrogens is 278 g/mol. The van der Waals surface area contributed by atoms with Gasteiger partial charge in [0.1, 0.15) is 5.73 Å². The van der Waals surface area contributed by atoms with Gasteiger partial charge in [0.25, 0.3) is 0 Å². The van der Waals surface area contributed by atoms with Gasteiger partial charge in [-0.15, -0.1) is 0 Å². The van der Waals surface area contributed by atoms with E-state index in [0.717, 1.165) is 18.4 Å². The largest absolute Gasteiger partial charge is 0.525 e. The summed E-state index contributed by atoms with van der Waals surface area (Å²) in [5, 5.41) is 0. The van der Waals surface area contributed by atoms with E-state index < -0.39 is 18.3 Å². The van der Waals surface area contributed by atoms with Crippen LogP contribution in [0.4, 0.5) is 4.39 Å². The summed E-state index contributed by atoms with van der Waals surface area (Å²) in [6.07, 6.45) is 2.65. The number of halogens is 1. The number of allylic oxidation sites excluding steroid dienone is 1. The fourth-order valence-electron chi connectivity index (χ4n) is 2.48. The van der Waals surface area contributed by atoms with Gasteiger partial charge in [-0.25, -0.2) is 4.39 Å². The maximum Gasteiger partial charge on any atom is 0.525 e. The molecule has 1 aromatic rings. The molecule has 4 heteroatoms. The van der Waals surface area contributed by atoms with Crippen LogP contribution in [0.25, 0.3) is 5.57 Å². The van der Waals surface area contributed by atoms with E-state index in [1.165, 1.54) is 0 Å². The number of hydrogen-bond donors (Lipinski definition) is 0. The Kier molecular flexibility index (Phi) is 5.13. The van der Waals surface area contributed by atoms with Crippen LogP contribution in [-0.4, -0.2) is 18.3 Å². The Morgan fingerprint density at radius 3 is 2.09 bits per heavy atom. The summed E-state index contributed by atoms with van der Waals surface area (Å²) < 4.78 is 26.8. The third kappa shape index (κ3) is 3.44. The number of benzene rings is 1. The predicted octanol–water partition coefficient (Wildman–Crippen LogP) is 5.19. The lowest BCUT2D eigenvalue weighted by atomic mass is 9.81. The van der Waals surface area contributed by atoms with Crippen LogP contribution in [0.15, 0.2) is 36.1 Å². The highest BCUT2D eigenvalue weighted by Crippen LogP contribution is 2.40. The lowest BCUT2D eigenvalue weighted by Crippen LogP contribution is -2.41. The van der Waals surface area contributed by atoms with Crippen molar-refractivity contribution in [2.75, 3.05) is 0 Å². The van der Waals surface area contributed by atoms with E-state index in [1.54, 1.807) is 0 Å². The van der Waals surface area contributed by atoms with E-state index in [2.05, 4.69) is 6.92 Å². The average molecular weight is 304 g/mol. The van der Waals surface area contributed by atoms with Gasteiger partial charge in [-0.05, 0) is 51.7 Å². The van der Waals surface area contributed by atoms with Crippen LogP contribution in [0.2, 0.25) is 0 Å². The van der Waals surface area contributed by atoms with Gasteiger partial charge in [0.2, 0.25) is 0 Å². The minimum absolute atomic E-state index is 0.293. The van der Waals surface area contributed by atoms with E-state index in [4.69, 9.17) is 9.31 Å². The van der Waals surface area contributed by atoms with Gasteiger partial charge in [-0.2, -0.15) is 0 Å². The molecule has 1 aromatic carbocycles. The second-order valence-electron chi connectivity index (χ2n) is 6.88. The first kappa shape index (κ1) is 17.2. The first-order valence-electron chi connectivity index (χ1n) is 8.08. The van der Waals surface area contributed by atoms with Crippen molar-refractivity contribution in [3.8, 4) is 0 Å². The summed E-state index contributed by atoms with van der Waals surface area (Å²) in [6.45, 7) is 9.86. The third-order valence-electron chi connectivity index (χ3n) is 4.65. The molecule has 2 nitrogen and oxygen atoms in total. The van der Waals surface area contributed by atoms with Gasteiger partial charge >= 0.3 is 7.12 Å². The zero-order chi connectivity index (χ0) is 16.4. The first-order chi connectivity index (χ1) is 10.3. The van der Waals surface area contributed by atoms with Crippen LogP contribution < -0.4 is 0 Å². The summed E-state index contributed by atoms with van der Waals surface area (Å²) in [7, 11) is -0.919. The normalized spacial score (nSPS) is 20.9. The highest BCUT2D eigenvalue weighted by atomic mass is 19.1. The smallest absolute Gasteiger partial charge is 0.398 e. The summed E-state index contributed by atoms with van der Waals surface area (Å²) in [6, 6.07) is 9.68. The Labute approximate surface area is 133 Å². The van der Waals surface area contributed by atoms with E-state index in [-0.39, 0.29) is 5.73 Å². The third-order valence-corrected chi connectivity index (χ3v) is 4.65. The quantitative estimate of drug-likeness (QED) is 0.697. The molecular formula is C18H26BFO2. The zero-order valence-electron chi connectivity index (χ0n) is 14.3. The van der Waals surface area contributed by atoms with Crippen LogP contribution in [0.3, 0.4) is 0 Å². The average Bonchev–Trinajstić information content (AvgIpc) is 2.69. The van der Waals surface area contributed by atoms with Crippen molar-refractivity contribution < 1.29 is 13.7 Å². The molecule has 1 aliphatic heterocycles. The van der Waals surface area contributed by atoms with Gasteiger partial charge < -0.3 is 9.31 Å². The molecule has 1 aliphatic rings. The lowest BCUT2D eigenvalue weighted by Gasteiger charge is -2.32. The second-order valence-corrected chi connectivity index (χ2v) is 6.88. The highest BCUT2D eigenvalue weighted by Gasteiger charge is 2.53. The van der Waals surface area contributed by atoms with Crippen molar-refractivity contribution in [1.29, 1.82) is 0 Å². The maximum atomic E-state index is 15.1. The van der Waals surface area contributed by atoms with Crippen LogP contribution in [0, 0.1) is 0 Å². The Morgan fingerprint density at radius 2 is 1.59 bits per heavy atom. The standard InChI is InChI=1S/C18H26BFO2/c1-6-7-13-15(14-11-9-8-10-12-14)16(20)19-21-17(2,3)18(4,5)22-19/h8-12H,6-7,13H2,1-5H3. The molecule has 0 radical (unpaired) electrons. The van der Waals surface area contributed by atoms with E-state index >= 15 is 4.39 Å². The van der Waals surface area contributed by atoms with E-state index in [0.29, 0.717) is 12.0 Å². The molecule has 2 rings (SSSR count). The Bertz CT molecular complexity index is 521. The van der Waals surface area contributed by atoms with E-state index in [9.17, 15) is 0 Å². The van der Waals surface area contributed by atoms with Crippen LogP contribution >= 0.6 is 0 Å². The van der Waals surface area contributed by atoms with Crippen molar-refractivity contribution in [2.45, 2.75) is 65.1 Å². The molecule has 120 valence electrons. The van der Waals surface area contributed by atoms with Gasteiger partial charge in [0, 0.05) is 0 Å². The van der Waals surface area contributed by atoms with Gasteiger partial charge in [0.15, 0.2) is 0 Å². The van der Waals surface area contributed by atoms with Crippen molar-refractivity contribution in [2.24, 2.45) is 0 Å². The van der Waals surface area contributed by atoms with Crippen LogP contribution in [0.5, 0.6) is 0 Å². The van der Waals surface area contributed by atoms with Crippen LogP contribution in [0.1, 0.15) is 59.4 Å². The van der Waals surface area contributed by atoms with E-state index in [1.807, 2.05) is 58.0 Å². The molecule has 0 saturated carbocycles. The summed E-state index contributed by atoms with van der Waals surface area (Å²) in [4.78, 5) is 0. The molecule has 0 unspecified atom stereocenters. The molecule has 22 heavy (non-hydrogen) atoms. The lowest BCUT2D eigenvalue weighted by molar-refractivity contribution is 0.00578. The SMILES string of the molecule is CCCCC(=C(F)B1OC(C)(C)C(C)(C)O1)c1ccccc1.